The lowest BCUT2D eigenvalue weighted by Crippen LogP contribution is -2.20. The van der Waals surface area contributed by atoms with Gasteiger partial charge in [0.2, 0.25) is 0 Å². The SMILES string of the molecule is C=C(C)COCCNCc1nc(C)ccc1O. The minimum atomic E-state index is 0.228. The van der Waals surface area contributed by atoms with Crippen molar-refractivity contribution in [2.75, 3.05) is 19.8 Å². The van der Waals surface area contributed by atoms with Crippen molar-refractivity contribution in [1.29, 1.82) is 0 Å². The Bertz CT molecular complexity index is 378. The van der Waals surface area contributed by atoms with Gasteiger partial charge in [0.15, 0.2) is 0 Å². The second kappa shape index (κ2) is 7.04. The lowest BCUT2D eigenvalue weighted by Gasteiger charge is -2.07. The molecule has 1 aromatic heterocycles. The molecule has 0 saturated carbocycles. The Balaban J connectivity index is 2.22. The Morgan fingerprint density at radius 2 is 2.29 bits per heavy atom. The molecule has 0 unspecified atom stereocenters. The average molecular weight is 236 g/mol. The summed E-state index contributed by atoms with van der Waals surface area (Å²) in [6.07, 6.45) is 0. The molecule has 17 heavy (non-hydrogen) atoms. The van der Waals surface area contributed by atoms with Crippen molar-refractivity contribution in [2.24, 2.45) is 0 Å². The largest absolute Gasteiger partial charge is 0.506 e. The molecule has 0 aromatic carbocycles. The lowest BCUT2D eigenvalue weighted by atomic mass is 10.3. The van der Waals surface area contributed by atoms with Gasteiger partial charge in [0.1, 0.15) is 5.75 Å². The second-order valence-corrected chi connectivity index (χ2v) is 4.10. The van der Waals surface area contributed by atoms with Crippen molar-refractivity contribution in [3.63, 3.8) is 0 Å². The topological polar surface area (TPSA) is 54.4 Å². The fourth-order valence-corrected chi connectivity index (χ4v) is 1.33. The molecule has 0 saturated heterocycles. The molecule has 0 aliphatic heterocycles. The summed E-state index contributed by atoms with van der Waals surface area (Å²) in [6.45, 7) is 10.1. The number of nitrogens with zero attached hydrogens (tertiary/aromatic N) is 1. The Morgan fingerprint density at radius 1 is 1.53 bits per heavy atom. The summed E-state index contributed by atoms with van der Waals surface area (Å²) in [5, 5.41) is 12.7. The van der Waals surface area contributed by atoms with Gasteiger partial charge in [-0.15, -0.1) is 0 Å². The van der Waals surface area contributed by atoms with Gasteiger partial charge in [-0.1, -0.05) is 12.2 Å². The highest BCUT2D eigenvalue weighted by Crippen LogP contribution is 2.13. The van der Waals surface area contributed by atoms with E-state index in [-0.39, 0.29) is 5.75 Å². The van der Waals surface area contributed by atoms with E-state index in [1.54, 1.807) is 12.1 Å². The maximum Gasteiger partial charge on any atom is 0.138 e. The summed E-state index contributed by atoms with van der Waals surface area (Å²) in [5.74, 6) is 0.228. The van der Waals surface area contributed by atoms with E-state index in [9.17, 15) is 5.11 Å². The number of nitrogens with one attached hydrogen (secondary N) is 1. The van der Waals surface area contributed by atoms with E-state index < -0.39 is 0 Å². The van der Waals surface area contributed by atoms with Crippen LogP contribution in [-0.4, -0.2) is 29.8 Å². The first kappa shape index (κ1) is 13.7. The number of aryl methyl sites for hydroxylation is 1. The monoisotopic (exact) mass is 236 g/mol. The van der Waals surface area contributed by atoms with Crippen molar-refractivity contribution in [3.05, 3.63) is 35.7 Å². The molecule has 0 aliphatic rings. The zero-order valence-corrected chi connectivity index (χ0v) is 10.5. The number of ether oxygens (including phenoxy) is 1. The highest BCUT2D eigenvalue weighted by atomic mass is 16.5. The van der Waals surface area contributed by atoms with Crippen LogP contribution in [0.15, 0.2) is 24.3 Å². The molecule has 94 valence electrons. The van der Waals surface area contributed by atoms with Crippen LogP contribution in [0.25, 0.3) is 0 Å². The Labute approximate surface area is 102 Å². The second-order valence-electron chi connectivity index (χ2n) is 4.10. The number of rotatable bonds is 7. The number of aromatic nitrogens is 1. The summed E-state index contributed by atoms with van der Waals surface area (Å²) in [5.41, 5.74) is 2.59. The van der Waals surface area contributed by atoms with Crippen LogP contribution in [0.1, 0.15) is 18.3 Å². The van der Waals surface area contributed by atoms with Crippen molar-refractivity contribution >= 4 is 0 Å². The summed E-state index contributed by atoms with van der Waals surface area (Å²) >= 11 is 0. The van der Waals surface area contributed by atoms with E-state index in [2.05, 4.69) is 16.9 Å². The van der Waals surface area contributed by atoms with Crippen LogP contribution in [0.3, 0.4) is 0 Å². The highest BCUT2D eigenvalue weighted by Gasteiger charge is 2.02. The highest BCUT2D eigenvalue weighted by molar-refractivity contribution is 5.27. The van der Waals surface area contributed by atoms with Gasteiger partial charge in [-0.2, -0.15) is 0 Å². The van der Waals surface area contributed by atoms with E-state index in [4.69, 9.17) is 4.74 Å². The molecule has 4 heteroatoms. The summed E-state index contributed by atoms with van der Waals surface area (Å²) < 4.78 is 5.34. The molecule has 0 bridgehead atoms. The molecule has 0 fully saturated rings. The third-order valence-electron chi connectivity index (χ3n) is 2.15. The van der Waals surface area contributed by atoms with E-state index in [1.807, 2.05) is 13.8 Å². The minimum absolute atomic E-state index is 0.228. The van der Waals surface area contributed by atoms with Gasteiger partial charge in [-0.25, -0.2) is 0 Å². The molecule has 1 aromatic rings. The van der Waals surface area contributed by atoms with Gasteiger partial charge < -0.3 is 15.2 Å². The lowest BCUT2D eigenvalue weighted by molar-refractivity contribution is 0.157. The predicted molar refractivity (Wildman–Crippen MR) is 68.0 cm³/mol. The number of aromatic hydroxyl groups is 1. The maximum atomic E-state index is 9.57. The van der Waals surface area contributed by atoms with E-state index >= 15 is 0 Å². The summed E-state index contributed by atoms with van der Waals surface area (Å²) in [4.78, 5) is 4.25. The van der Waals surface area contributed by atoms with Crippen LogP contribution in [0, 0.1) is 6.92 Å². The molecule has 1 heterocycles. The Hall–Kier alpha value is -1.39. The normalized spacial score (nSPS) is 10.5. The maximum absolute atomic E-state index is 9.57. The van der Waals surface area contributed by atoms with Crippen molar-refractivity contribution in [3.8, 4) is 5.75 Å². The molecular weight excluding hydrogens is 216 g/mol. The van der Waals surface area contributed by atoms with Gasteiger partial charge in [0.05, 0.1) is 18.9 Å². The molecule has 4 nitrogen and oxygen atoms in total. The van der Waals surface area contributed by atoms with Gasteiger partial charge in [0.25, 0.3) is 0 Å². The first-order valence-electron chi connectivity index (χ1n) is 5.68. The first-order valence-corrected chi connectivity index (χ1v) is 5.68. The van der Waals surface area contributed by atoms with Crippen LogP contribution in [0.2, 0.25) is 0 Å². The van der Waals surface area contributed by atoms with Crippen LogP contribution in [0.4, 0.5) is 0 Å². The van der Waals surface area contributed by atoms with E-state index in [0.29, 0.717) is 25.5 Å². The molecule has 2 N–H and O–H groups in total. The molecular formula is C13H20N2O2. The fourth-order valence-electron chi connectivity index (χ4n) is 1.33. The predicted octanol–water partition coefficient (Wildman–Crippen LogP) is 1.78. The van der Waals surface area contributed by atoms with Gasteiger partial charge in [0, 0.05) is 18.8 Å². The third kappa shape index (κ3) is 5.47. The Morgan fingerprint density at radius 3 is 3.00 bits per heavy atom. The molecule has 0 spiro atoms. The molecule has 1 rings (SSSR count). The summed E-state index contributed by atoms with van der Waals surface area (Å²) in [7, 11) is 0. The van der Waals surface area contributed by atoms with E-state index in [1.165, 1.54) is 0 Å². The zero-order valence-electron chi connectivity index (χ0n) is 10.5. The standard InChI is InChI=1S/C13H20N2O2/c1-10(2)9-17-7-6-14-8-12-13(16)5-4-11(3)15-12/h4-5,14,16H,1,6-9H2,2-3H3. The molecule has 0 amide bonds. The number of hydrogen-bond acceptors (Lipinski definition) is 4. The molecule has 0 atom stereocenters. The van der Waals surface area contributed by atoms with Crippen LogP contribution >= 0.6 is 0 Å². The Kier molecular flexibility index (Phi) is 5.66. The van der Waals surface area contributed by atoms with Gasteiger partial charge in [-0.3, -0.25) is 4.98 Å². The first-order chi connectivity index (χ1) is 8.09. The van der Waals surface area contributed by atoms with Gasteiger partial charge in [-0.05, 0) is 26.0 Å². The quantitative estimate of drug-likeness (QED) is 0.559. The van der Waals surface area contributed by atoms with Gasteiger partial charge >= 0.3 is 0 Å². The minimum Gasteiger partial charge on any atom is -0.506 e. The van der Waals surface area contributed by atoms with Crippen LogP contribution in [0.5, 0.6) is 5.75 Å². The fraction of sp³-hybridized carbons (Fsp3) is 0.462. The van der Waals surface area contributed by atoms with Crippen molar-refractivity contribution < 1.29 is 9.84 Å². The van der Waals surface area contributed by atoms with E-state index in [0.717, 1.165) is 17.8 Å². The number of hydrogen-bond donors (Lipinski definition) is 2. The van der Waals surface area contributed by atoms with Crippen molar-refractivity contribution in [2.45, 2.75) is 20.4 Å². The number of pyridine rings is 1. The molecule has 0 aliphatic carbocycles. The smallest absolute Gasteiger partial charge is 0.138 e. The van der Waals surface area contributed by atoms with Crippen LogP contribution < -0.4 is 5.32 Å². The molecule has 0 radical (unpaired) electrons. The average Bonchev–Trinajstić information content (AvgIpc) is 2.27. The summed E-state index contributed by atoms with van der Waals surface area (Å²) in [6, 6.07) is 3.45. The van der Waals surface area contributed by atoms with Crippen LogP contribution in [-0.2, 0) is 11.3 Å². The van der Waals surface area contributed by atoms with Crippen molar-refractivity contribution in [1.82, 2.24) is 10.3 Å². The third-order valence-corrected chi connectivity index (χ3v) is 2.15. The zero-order chi connectivity index (χ0) is 12.7.